The number of halogens is 2. The number of anilines is 2. The summed E-state index contributed by atoms with van der Waals surface area (Å²) in [6.07, 6.45) is 1.75. The molecule has 2 aromatic rings. The number of carbonyl (C=O) groups is 1. The molecule has 128 valence electrons. The minimum Gasteiger partial charge on any atom is -0.366 e. The molecule has 4 N–H and O–H groups in total. The first-order chi connectivity index (χ1) is 11.5. The van der Waals surface area contributed by atoms with Gasteiger partial charge in [0.15, 0.2) is 11.6 Å². The van der Waals surface area contributed by atoms with Crippen LogP contribution >= 0.6 is 0 Å². The second kappa shape index (κ2) is 6.81. The average molecular weight is 336 g/mol. The van der Waals surface area contributed by atoms with Crippen LogP contribution in [0.15, 0.2) is 18.2 Å². The highest BCUT2D eigenvalue weighted by molar-refractivity contribution is 5.94. The maximum Gasteiger partial charge on any atom is 0.251 e. The third-order valence-electron chi connectivity index (χ3n) is 4.14. The Morgan fingerprint density at radius 3 is 2.71 bits per heavy atom. The first kappa shape index (κ1) is 16.2. The van der Waals surface area contributed by atoms with Crippen molar-refractivity contribution in [2.24, 2.45) is 5.92 Å². The number of aromatic nitrogens is 3. The van der Waals surface area contributed by atoms with Crippen molar-refractivity contribution in [3.05, 3.63) is 35.4 Å². The Balaban J connectivity index is 1.48. The van der Waals surface area contributed by atoms with E-state index in [0.29, 0.717) is 18.4 Å². The number of nitrogens with two attached hydrogens (primary N) is 1. The van der Waals surface area contributed by atoms with Gasteiger partial charge in [-0.15, -0.1) is 5.10 Å². The van der Waals surface area contributed by atoms with Gasteiger partial charge in [0.2, 0.25) is 11.9 Å². The van der Waals surface area contributed by atoms with E-state index in [1.54, 1.807) is 0 Å². The predicted molar refractivity (Wildman–Crippen MR) is 84.4 cm³/mol. The molecule has 7 nitrogen and oxygen atoms in total. The Kier molecular flexibility index (Phi) is 4.59. The molecule has 1 aromatic heterocycles. The molecule has 1 aliphatic heterocycles. The van der Waals surface area contributed by atoms with Crippen LogP contribution in [-0.4, -0.2) is 40.7 Å². The van der Waals surface area contributed by atoms with Crippen molar-refractivity contribution >= 4 is 17.8 Å². The lowest BCUT2D eigenvalue weighted by molar-refractivity contribution is 0.0944. The largest absolute Gasteiger partial charge is 0.366 e. The van der Waals surface area contributed by atoms with Crippen molar-refractivity contribution in [3.63, 3.8) is 0 Å². The molecule has 0 spiro atoms. The molecule has 9 heteroatoms. The van der Waals surface area contributed by atoms with Crippen LogP contribution in [0.5, 0.6) is 0 Å². The third kappa shape index (κ3) is 3.61. The molecule has 1 aromatic carbocycles. The number of hydrogen-bond donors (Lipinski definition) is 3. The Morgan fingerprint density at radius 1 is 1.33 bits per heavy atom. The highest BCUT2D eigenvalue weighted by Crippen LogP contribution is 2.20. The highest BCUT2D eigenvalue weighted by atomic mass is 19.2. The number of hydrogen-bond acceptors (Lipinski definition) is 5. The van der Waals surface area contributed by atoms with E-state index in [1.165, 1.54) is 6.07 Å². The van der Waals surface area contributed by atoms with Crippen molar-refractivity contribution in [3.8, 4) is 0 Å². The molecule has 0 unspecified atom stereocenters. The topological polar surface area (TPSA) is 99.9 Å². The first-order valence-electron chi connectivity index (χ1n) is 7.69. The fraction of sp³-hybridized carbons (Fsp3) is 0.400. The van der Waals surface area contributed by atoms with Crippen LogP contribution in [0.3, 0.4) is 0 Å². The molecule has 0 atom stereocenters. The Labute approximate surface area is 137 Å². The number of carbonyl (C=O) groups excluding carboxylic acids is 1. The van der Waals surface area contributed by atoms with Crippen LogP contribution in [0.25, 0.3) is 0 Å². The predicted octanol–water partition coefficient (Wildman–Crippen LogP) is 1.31. The van der Waals surface area contributed by atoms with Gasteiger partial charge in [-0.2, -0.15) is 4.98 Å². The van der Waals surface area contributed by atoms with Gasteiger partial charge < -0.3 is 16.0 Å². The summed E-state index contributed by atoms with van der Waals surface area (Å²) in [5, 5.41) is 9.35. The molecular weight excluding hydrogens is 318 g/mol. The molecule has 24 heavy (non-hydrogen) atoms. The molecule has 0 aliphatic carbocycles. The molecular formula is C15H18F2N6O. The second-order valence-electron chi connectivity index (χ2n) is 5.79. The van der Waals surface area contributed by atoms with Crippen molar-refractivity contribution < 1.29 is 13.6 Å². The van der Waals surface area contributed by atoms with Gasteiger partial charge in [0, 0.05) is 25.2 Å². The SMILES string of the molecule is Nc1n[nH]c(N2CCC(CNC(=O)c3ccc(F)c(F)c3)CC2)n1. The van der Waals surface area contributed by atoms with Crippen molar-refractivity contribution in [2.75, 3.05) is 30.3 Å². The molecule has 0 bridgehead atoms. The third-order valence-corrected chi connectivity index (χ3v) is 4.14. The van der Waals surface area contributed by atoms with Crippen molar-refractivity contribution in [2.45, 2.75) is 12.8 Å². The summed E-state index contributed by atoms with van der Waals surface area (Å²) < 4.78 is 26.0. The van der Waals surface area contributed by atoms with E-state index in [1.807, 2.05) is 0 Å². The normalized spacial score (nSPS) is 15.5. The maximum absolute atomic E-state index is 13.2. The fourth-order valence-electron chi connectivity index (χ4n) is 2.73. The van der Waals surface area contributed by atoms with Gasteiger partial charge >= 0.3 is 0 Å². The minimum atomic E-state index is -1.03. The summed E-state index contributed by atoms with van der Waals surface area (Å²) in [7, 11) is 0. The fourth-order valence-corrected chi connectivity index (χ4v) is 2.73. The minimum absolute atomic E-state index is 0.114. The van der Waals surface area contributed by atoms with Gasteiger partial charge in [-0.1, -0.05) is 0 Å². The van der Waals surface area contributed by atoms with Crippen LogP contribution in [0.2, 0.25) is 0 Å². The summed E-state index contributed by atoms with van der Waals surface area (Å²) in [4.78, 5) is 18.1. The van der Waals surface area contributed by atoms with E-state index in [9.17, 15) is 13.6 Å². The zero-order valence-corrected chi connectivity index (χ0v) is 12.9. The lowest BCUT2D eigenvalue weighted by atomic mass is 9.97. The number of rotatable bonds is 4. The Bertz CT molecular complexity index is 727. The van der Waals surface area contributed by atoms with Crippen molar-refractivity contribution in [1.82, 2.24) is 20.5 Å². The number of nitrogens with zero attached hydrogens (tertiary/aromatic N) is 3. The monoisotopic (exact) mass is 336 g/mol. The number of benzene rings is 1. The maximum atomic E-state index is 13.2. The van der Waals surface area contributed by atoms with E-state index in [-0.39, 0.29) is 11.5 Å². The van der Waals surface area contributed by atoms with Gasteiger partial charge in [-0.25, -0.2) is 13.9 Å². The number of piperidine rings is 1. The lowest BCUT2D eigenvalue weighted by Crippen LogP contribution is -2.39. The van der Waals surface area contributed by atoms with Gasteiger partial charge in [0.05, 0.1) is 0 Å². The molecule has 0 radical (unpaired) electrons. The molecule has 1 aliphatic rings. The number of amides is 1. The van der Waals surface area contributed by atoms with Crippen LogP contribution in [0, 0.1) is 17.6 Å². The summed E-state index contributed by atoms with van der Waals surface area (Å²) in [5.74, 6) is -1.22. The van der Waals surface area contributed by atoms with Gasteiger partial charge in [-0.3, -0.25) is 4.79 Å². The van der Waals surface area contributed by atoms with Gasteiger partial charge in [0.25, 0.3) is 5.91 Å². The summed E-state index contributed by atoms with van der Waals surface area (Å²) in [6, 6.07) is 3.12. The van der Waals surface area contributed by atoms with Gasteiger partial charge in [-0.05, 0) is 37.0 Å². The standard InChI is InChI=1S/C15H18F2N6O/c16-11-2-1-10(7-12(11)17)13(24)19-8-9-3-5-23(6-4-9)15-20-14(18)21-22-15/h1-2,7,9H,3-6,8H2,(H,19,24)(H3,18,20,21,22). The van der Waals surface area contributed by atoms with E-state index < -0.39 is 17.5 Å². The molecule has 3 rings (SSSR count). The van der Waals surface area contributed by atoms with Gasteiger partial charge in [0.1, 0.15) is 0 Å². The van der Waals surface area contributed by atoms with E-state index in [0.717, 1.165) is 38.1 Å². The summed E-state index contributed by atoms with van der Waals surface area (Å²) in [5.41, 5.74) is 5.61. The summed E-state index contributed by atoms with van der Waals surface area (Å²) >= 11 is 0. The van der Waals surface area contributed by atoms with Crippen LogP contribution in [0.4, 0.5) is 20.7 Å². The number of nitrogen functional groups attached to an aromatic ring is 1. The van der Waals surface area contributed by atoms with Crippen molar-refractivity contribution in [1.29, 1.82) is 0 Å². The zero-order chi connectivity index (χ0) is 17.1. The number of H-pyrrole nitrogens is 1. The zero-order valence-electron chi connectivity index (χ0n) is 12.9. The first-order valence-corrected chi connectivity index (χ1v) is 7.69. The van der Waals surface area contributed by atoms with Crippen LogP contribution < -0.4 is 16.0 Å². The van der Waals surface area contributed by atoms with E-state index in [4.69, 9.17) is 5.73 Å². The van der Waals surface area contributed by atoms with E-state index in [2.05, 4.69) is 25.4 Å². The number of aromatic amines is 1. The molecule has 2 heterocycles. The van der Waals surface area contributed by atoms with Crippen LogP contribution in [-0.2, 0) is 0 Å². The van der Waals surface area contributed by atoms with E-state index >= 15 is 0 Å². The second-order valence-corrected chi connectivity index (χ2v) is 5.79. The average Bonchev–Trinajstić information content (AvgIpc) is 3.02. The summed E-state index contributed by atoms with van der Waals surface area (Å²) in [6.45, 7) is 2.05. The highest BCUT2D eigenvalue weighted by Gasteiger charge is 2.22. The smallest absolute Gasteiger partial charge is 0.251 e. The Hall–Kier alpha value is -2.71. The molecule has 1 amide bonds. The number of nitrogens with one attached hydrogen (secondary N) is 2. The molecule has 0 saturated carbocycles. The molecule has 1 saturated heterocycles. The quantitative estimate of drug-likeness (QED) is 0.782. The molecule has 1 fully saturated rings. The Morgan fingerprint density at radius 2 is 2.08 bits per heavy atom. The van der Waals surface area contributed by atoms with Crippen LogP contribution in [0.1, 0.15) is 23.2 Å². The lowest BCUT2D eigenvalue weighted by Gasteiger charge is -2.31.